The highest BCUT2D eigenvalue weighted by atomic mass is 35.5. The lowest BCUT2D eigenvalue weighted by Crippen LogP contribution is -2.16. The van der Waals surface area contributed by atoms with Gasteiger partial charge in [0.05, 0.1) is 0 Å². The minimum atomic E-state index is 0.785. The van der Waals surface area contributed by atoms with Gasteiger partial charge in [-0.15, -0.1) is 0 Å². The second-order valence-corrected chi connectivity index (χ2v) is 6.01. The summed E-state index contributed by atoms with van der Waals surface area (Å²) < 4.78 is 0. The van der Waals surface area contributed by atoms with E-state index in [0.717, 1.165) is 31.0 Å². The standard InChI is InChI=1S/C18H17ClN2/c19-13-4-1-3-12(11-13)14-5-2-6-17-18(14)15-7-9-20-10-8-16(15)21-17/h1-6,11,20-21H,7-10H2. The van der Waals surface area contributed by atoms with Crippen LogP contribution in [0, 0.1) is 0 Å². The van der Waals surface area contributed by atoms with Crippen LogP contribution in [0.5, 0.6) is 0 Å². The Kier molecular flexibility index (Phi) is 3.21. The van der Waals surface area contributed by atoms with Crippen LogP contribution >= 0.6 is 11.6 Å². The Morgan fingerprint density at radius 2 is 1.81 bits per heavy atom. The van der Waals surface area contributed by atoms with Crippen molar-refractivity contribution in [1.29, 1.82) is 0 Å². The summed E-state index contributed by atoms with van der Waals surface area (Å²) in [5, 5.41) is 5.62. The van der Waals surface area contributed by atoms with Crippen molar-refractivity contribution in [1.82, 2.24) is 10.3 Å². The number of hydrogen-bond donors (Lipinski definition) is 2. The maximum atomic E-state index is 6.17. The number of aromatic amines is 1. The monoisotopic (exact) mass is 296 g/mol. The van der Waals surface area contributed by atoms with Crippen LogP contribution in [-0.4, -0.2) is 18.1 Å². The van der Waals surface area contributed by atoms with Crippen LogP contribution in [0.25, 0.3) is 22.0 Å². The number of benzene rings is 2. The number of fused-ring (bicyclic) bond motifs is 3. The van der Waals surface area contributed by atoms with Gasteiger partial charge in [0.2, 0.25) is 0 Å². The van der Waals surface area contributed by atoms with Crippen molar-refractivity contribution < 1.29 is 0 Å². The zero-order valence-corrected chi connectivity index (χ0v) is 12.5. The number of nitrogens with one attached hydrogen (secondary N) is 2. The lowest BCUT2D eigenvalue weighted by Gasteiger charge is -2.07. The van der Waals surface area contributed by atoms with Gasteiger partial charge in [-0.3, -0.25) is 0 Å². The molecule has 0 radical (unpaired) electrons. The Bertz CT molecular complexity index is 804. The van der Waals surface area contributed by atoms with E-state index >= 15 is 0 Å². The van der Waals surface area contributed by atoms with E-state index in [0.29, 0.717) is 0 Å². The van der Waals surface area contributed by atoms with Crippen LogP contribution in [0.3, 0.4) is 0 Å². The molecule has 0 amide bonds. The fraction of sp³-hybridized carbons (Fsp3) is 0.222. The predicted octanol–water partition coefficient (Wildman–Crippen LogP) is 4.18. The smallest absolute Gasteiger partial charge is 0.0465 e. The summed E-state index contributed by atoms with van der Waals surface area (Å²) in [5.41, 5.74) is 6.54. The summed E-state index contributed by atoms with van der Waals surface area (Å²) in [7, 11) is 0. The minimum Gasteiger partial charge on any atom is -0.358 e. The van der Waals surface area contributed by atoms with Gasteiger partial charge in [-0.2, -0.15) is 0 Å². The quantitative estimate of drug-likeness (QED) is 0.693. The number of aromatic nitrogens is 1. The molecule has 0 saturated heterocycles. The van der Waals surface area contributed by atoms with E-state index < -0.39 is 0 Å². The largest absolute Gasteiger partial charge is 0.358 e. The van der Waals surface area contributed by atoms with Crippen molar-refractivity contribution in [3.8, 4) is 11.1 Å². The van der Waals surface area contributed by atoms with Crippen LogP contribution in [-0.2, 0) is 12.8 Å². The van der Waals surface area contributed by atoms with Gasteiger partial charge >= 0.3 is 0 Å². The topological polar surface area (TPSA) is 27.8 Å². The van der Waals surface area contributed by atoms with E-state index in [9.17, 15) is 0 Å². The first kappa shape index (κ1) is 12.9. The van der Waals surface area contributed by atoms with Crippen molar-refractivity contribution in [2.24, 2.45) is 0 Å². The van der Waals surface area contributed by atoms with Crippen LogP contribution in [0.15, 0.2) is 42.5 Å². The van der Waals surface area contributed by atoms with Crippen LogP contribution in [0.1, 0.15) is 11.3 Å². The lowest BCUT2D eigenvalue weighted by atomic mass is 9.97. The molecule has 0 aliphatic carbocycles. The zero-order valence-electron chi connectivity index (χ0n) is 11.7. The molecule has 1 aromatic heterocycles. The number of halogens is 1. The van der Waals surface area contributed by atoms with Gasteiger partial charge in [-0.1, -0.05) is 35.9 Å². The number of H-pyrrole nitrogens is 1. The molecule has 0 bridgehead atoms. The third kappa shape index (κ3) is 2.25. The molecule has 3 aromatic rings. The second-order valence-electron chi connectivity index (χ2n) is 5.57. The third-order valence-corrected chi connectivity index (χ3v) is 4.49. The zero-order chi connectivity index (χ0) is 14.2. The Balaban J connectivity index is 1.99. The molecule has 21 heavy (non-hydrogen) atoms. The highest BCUT2D eigenvalue weighted by molar-refractivity contribution is 6.30. The average Bonchev–Trinajstić information content (AvgIpc) is 2.69. The van der Waals surface area contributed by atoms with E-state index in [1.54, 1.807) is 0 Å². The van der Waals surface area contributed by atoms with Gasteiger partial charge in [0.15, 0.2) is 0 Å². The van der Waals surface area contributed by atoms with Crippen molar-refractivity contribution in [3.63, 3.8) is 0 Å². The van der Waals surface area contributed by atoms with E-state index in [1.165, 1.54) is 33.3 Å². The average molecular weight is 297 g/mol. The van der Waals surface area contributed by atoms with Crippen molar-refractivity contribution >= 4 is 22.5 Å². The van der Waals surface area contributed by atoms with Gasteiger partial charge in [0.1, 0.15) is 0 Å². The molecule has 1 aliphatic heterocycles. The van der Waals surface area contributed by atoms with Gasteiger partial charge in [-0.25, -0.2) is 0 Å². The Labute approximate surface area is 129 Å². The van der Waals surface area contributed by atoms with Gasteiger partial charge in [0.25, 0.3) is 0 Å². The first-order valence-electron chi connectivity index (χ1n) is 7.42. The molecule has 3 heteroatoms. The van der Waals surface area contributed by atoms with Crippen LogP contribution in [0.2, 0.25) is 5.02 Å². The van der Waals surface area contributed by atoms with E-state index in [-0.39, 0.29) is 0 Å². The molecule has 0 spiro atoms. The van der Waals surface area contributed by atoms with Gasteiger partial charge in [0, 0.05) is 34.6 Å². The number of hydrogen-bond acceptors (Lipinski definition) is 1. The summed E-state index contributed by atoms with van der Waals surface area (Å²) >= 11 is 6.17. The molecule has 0 atom stereocenters. The highest BCUT2D eigenvalue weighted by Crippen LogP contribution is 2.34. The van der Waals surface area contributed by atoms with Crippen molar-refractivity contribution in [2.45, 2.75) is 12.8 Å². The maximum Gasteiger partial charge on any atom is 0.0465 e. The first-order chi connectivity index (χ1) is 10.3. The lowest BCUT2D eigenvalue weighted by molar-refractivity contribution is 0.708. The molecule has 106 valence electrons. The van der Waals surface area contributed by atoms with Crippen molar-refractivity contribution in [3.05, 3.63) is 58.7 Å². The van der Waals surface area contributed by atoms with Crippen LogP contribution in [0.4, 0.5) is 0 Å². The summed E-state index contributed by atoms with van der Waals surface area (Å²) in [5.74, 6) is 0. The summed E-state index contributed by atoms with van der Waals surface area (Å²) in [6, 6.07) is 14.6. The molecule has 4 rings (SSSR count). The van der Waals surface area contributed by atoms with Crippen LogP contribution < -0.4 is 5.32 Å². The second kappa shape index (κ2) is 5.21. The molecule has 0 unspecified atom stereocenters. The molecule has 2 heterocycles. The van der Waals surface area contributed by atoms with E-state index in [1.807, 2.05) is 18.2 Å². The molecular weight excluding hydrogens is 280 g/mol. The summed E-state index contributed by atoms with van der Waals surface area (Å²) in [4.78, 5) is 3.61. The molecule has 2 N–H and O–H groups in total. The predicted molar refractivity (Wildman–Crippen MR) is 89.0 cm³/mol. The van der Waals surface area contributed by atoms with Gasteiger partial charge in [-0.05, 0) is 47.9 Å². The SMILES string of the molecule is Clc1cccc(-c2cccc3[nH]c4c(c23)CCNCC4)c1. The minimum absolute atomic E-state index is 0.785. The van der Waals surface area contributed by atoms with Gasteiger partial charge < -0.3 is 10.3 Å². The fourth-order valence-corrected chi connectivity index (χ4v) is 3.50. The summed E-state index contributed by atoms with van der Waals surface area (Å²) in [6.45, 7) is 2.09. The first-order valence-corrected chi connectivity index (χ1v) is 7.80. The van der Waals surface area contributed by atoms with Crippen molar-refractivity contribution in [2.75, 3.05) is 13.1 Å². The highest BCUT2D eigenvalue weighted by Gasteiger charge is 2.17. The molecule has 1 aliphatic rings. The molecule has 0 fully saturated rings. The molecular formula is C18H17ClN2. The summed E-state index contributed by atoms with van der Waals surface area (Å²) in [6.07, 6.45) is 2.14. The Morgan fingerprint density at radius 3 is 2.71 bits per heavy atom. The fourth-order valence-electron chi connectivity index (χ4n) is 3.31. The third-order valence-electron chi connectivity index (χ3n) is 4.26. The maximum absolute atomic E-state index is 6.17. The molecule has 2 aromatic carbocycles. The Morgan fingerprint density at radius 1 is 0.952 bits per heavy atom. The van der Waals surface area contributed by atoms with E-state index in [2.05, 4.69) is 34.6 Å². The normalized spacial score (nSPS) is 14.9. The van der Waals surface area contributed by atoms with E-state index in [4.69, 9.17) is 11.6 Å². The Hall–Kier alpha value is -1.77. The molecule has 0 saturated carbocycles. The number of rotatable bonds is 1. The molecule has 2 nitrogen and oxygen atoms in total.